The second-order valence-corrected chi connectivity index (χ2v) is 6.21. The van der Waals surface area contributed by atoms with Crippen molar-refractivity contribution in [1.82, 2.24) is 0 Å². The minimum absolute atomic E-state index is 0.233. The van der Waals surface area contributed by atoms with Crippen LogP contribution in [0.5, 0.6) is 0 Å². The Morgan fingerprint density at radius 1 is 1.38 bits per heavy atom. The van der Waals surface area contributed by atoms with Crippen molar-refractivity contribution >= 4 is 0 Å². The zero-order chi connectivity index (χ0) is 11.9. The third-order valence-electron chi connectivity index (χ3n) is 3.62. The van der Waals surface area contributed by atoms with Crippen LogP contribution in [0.1, 0.15) is 56.8 Å². The van der Waals surface area contributed by atoms with Crippen LogP contribution in [0.4, 0.5) is 0 Å². The first-order chi connectivity index (χ1) is 7.40. The Labute approximate surface area is 99.0 Å². The van der Waals surface area contributed by atoms with E-state index in [9.17, 15) is 0 Å². The predicted octanol–water partition coefficient (Wildman–Crippen LogP) is 3.57. The highest BCUT2D eigenvalue weighted by atomic mass is 14.7. The van der Waals surface area contributed by atoms with E-state index in [4.69, 9.17) is 5.73 Å². The molecule has 1 atom stereocenters. The molecule has 0 aliphatic heterocycles. The molecule has 88 valence electrons. The maximum atomic E-state index is 6.22. The Morgan fingerprint density at radius 3 is 2.69 bits per heavy atom. The van der Waals surface area contributed by atoms with Gasteiger partial charge in [-0.05, 0) is 40.9 Å². The number of benzene rings is 1. The van der Waals surface area contributed by atoms with Crippen LogP contribution in [0, 0.1) is 5.92 Å². The normalized spacial score (nSPS) is 22.5. The van der Waals surface area contributed by atoms with Crippen molar-refractivity contribution < 1.29 is 0 Å². The fourth-order valence-electron chi connectivity index (χ4n) is 2.90. The van der Waals surface area contributed by atoms with E-state index in [1.165, 1.54) is 16.7 Å². The molecule has 1 heteroatoms. The topological polar surface area (TPSA) is 26.0 Å². The zero-order valence-corrected chi connectivity index (χ0v) is 10.9. The monoisotopic (exact) mass is 217 g/mol. The van der Waals surface area contributed by atoms with Crippen LogP contribution in [0.15, 0.2) is 18.2 Å². The largest absolute Gasteiger partial charge is 0.324 e. The number of hydrogen-bond acceptors (Lipinski definition) is 1. The molecule has 1 unspecified atom stereocenters. The van der Waals surface area contributed by atoms with Gasteiger partial charge < -0.3 is 5.73 Å². The Kier molecular flexibility index (Phi) is 2.83. The van der Waals surface area contributed by atoms with Gasteiger partial charge in [0.1, 0.15) is 0 Å². The fourth-order valence-corrected chi connectivity index (χ4v) is 2.90. The molecule has 0 aromatic heterocycles. The van der Waals surface area contributed by atoms with Gasteiger partial charge in [-0.2, -0.15) is 0 Å². The van der Waals surface area contributed by atoms with E-state index in [2.05, 4.69) is 45.9 Å². The summed E-state index contributed by atoms with van der Waals surface area (Å²) in [7, 11) is 0. The van der Waals surface area contributed by atoms with Crippen molar-refractivity contribution in [2.24, 2.45) is 11.7 Å². The molecule has 0 radical (unpaired) electrons. The molecular formula is C15H23N. The third-order valence-corrected chi connectivity index (χ3v) is 3.62. The summed E-state index contributed by atoms with van der Waals surface area (Å²) in [5, 5.41) is 0. The Morgan fingerprint density at radius 2 is 2.06 bits per heavy atom. The Bertz CT molecular complexity index is 390. The Balaban J connectivity index is 2.37. The molecule has 2 rings (SSSR count). The molecule has 1 nitrogen and oxygen atoms in total. The summed E-state index contributed by atoms with van der Waals surface area (Å²) in [5.74, 6) is 0.712. The van der Waals surface area contributed by atoms with Crippen LogP contribution in [0.25, 0.3) is 0 Å². The summed E-state index contributed by atoms with van der Waals surface area (Å²) < 4.78 is 0. The molecule has 0 heterocycles. The van der Waals surface area contributed by atoms with Crippen molar-refractivity contribution in [2.75, 3.05) is 0 Å². The van der Waals surface area contributed by atoms with E-state index < -0.39 is 0 Å². The molecule has 2 N–H and O–H groups in total. The van der Waals surface area contributed by atoms with Crippen molar-refractivity contribution in [1.29, 1.82) is 0 Å². The number of hydrogen-bond donors (Lipinski definition) is 1. The molecule has 0 fully saturated rings. The second kappa shape index (κ2) is 3.89. The van der Waals surface area contributed by atoms with Crippen LogP contribution in [-0.4, -0.2) is 0 Å². The van der Waals surface area contributed by atoms with Gasteiger partial charge in [-0.15, -0.1) is 0 Å². The first kappa shape index (κ1) is 11.7. The maximum absolute atomic E-state index is 6.22. The maximum Gasteiger partial charge on any atom is 0.0306 e. The zero-order valence-electron chi connectivity index (χ0n) is 10.9. The lowest BCUT2D eigenvalue weighted by molar-refractivity contribution is 0.481. The highest BCUT2D eigenvalue weighted by Crippen LogP contribution is 2.43. The average Bonchev–Trinajstić information content (AvgIpc) is 2.36. The summed E-state index contributed by atoms with van der Waals surface area (Å²) in [6.07, 6.45) is 2.23. The van der Waals surface area contributed by atoms with Gasteiger partial charge in [-0.1, -0.05) is 45.9 Å². The van der Waals surface area contributed by atoms with Crippen LogP contribution in [0.2, 0.25) is 0 Å². The smallest absolute Gasteiger partial charge is 0.0306 e. The van der Waals surface area contributed by atoms with Crippen molar-refractivity contribution in [3.63, 3.8) is 0 Å². The number of fused-ring (bicyclic) bond motifs is 1. The highest BCUT2D eigenvalue weighted by Gasteiger charge is 2.34. The van der Waals surface area contributed by atoms with Gasteiger partial charge in [0, 0.05) is 6.04 Å². The van der Waals surface area contributed by atoms with Crippen LogP contribution in [-0.2, 0) is 11.8 Å². The average molecular weight is 217 g/mol. The molecule has 0 amide bonds. The molecule has 0 saturated carbocycles. The predicted molar refractivity (Wildman–Crippen MR) is 69.6 cm³/mol. The van der Waals surface area contributed by atoms with Crippen molar-refractivity contribution in [2.45, 2.75) is 52.0 Å². The van der Waals surface area contributed by atoms with Crippen LogP contribution >= 0.6 is 0 Å². The highest BCUT2D eigenvalue weighted by molar-refractivity contribution is 5.43. The van der Waals surface area contributed by atoms with Crippen LogP contribution < -0.4 is 5.73 Å². The quantitative estimate of drug-likeness (QED) is 0.805. The van der Waals surface area contributed by atoms with Gasteiger partial charge in [0.25, 0.3) is 0 Å². The van der Waals surface area contributed by atoms with Gasteiger partial charge in [-0.3, -0.25) is 0 Å². The molecule has 1 aromatic carbocycles. The van der Waals surface area contributed by atoms with Gasteiger partial charge in [0.2, 0.25) is 0 Å². The van der Waals surface area contributed by atoms with E-state index in [-0.39, 0.29) is 11.5 Å². The molecule has 16 heavy (non-hydrogen) atoms. The van der Waals surface area contributed by atoms with Gasteiger partial charge in [0.05, 0.1) is 0 Å². The lowest BCUT2D eigenvalue weighted by Crippen LogP contribution is -2.14. The van der Waals surface area contributed by atoms with E-state index in [1.54, 1.807) is 0 Å². The minimum atomic E-state index is 0.233. The minimum Gasteiger partial charge on any atom is -0.324 e. The third kappa shape index (κ3) is 2.01. The number of nitrogens with two attached hydrogens (primary N) is 1. The molecule has 0 saturated heterocycles. The molecule has 1 aromatic rings. The number of rotatable bonds is 2. The van der Waals surface area contributed by atoms with Gasteiger partial charge in [0.15, 0.2) is 0 Å². The molecule has 1 aliphatic rings. The SMILES string of the molecule is CC(C)Cc1ccc2c(c1)C(N)CC2(C)C. The standard InChI is InChI=1S/C15H23N/c1-10(2)7-11-5-6-13-12(8-11)14(16)9-15(13,3)4/h5-6,8,10,14H,7,9,16H2,1-4H3. The summed E-state index contributed by atoms with van der Waals surface area (Å²) in [5.41, 5.74) is 10.7. The van der Waals surface area contributed by atoms with Gasteiger partial charge in [-0.25, -0.2) is 0 Å². The fraction of sp³-hybridized carbons (Fsp3) is 0.600. The lowest BCUT2D eigenvalue weighted by atomic mass is 9.86. The van der Waals surface area contributed by atoms with Crippen LogP contribution in [0.3, 0.4) is 0 Å². The van der Waals surface area contributed by atoms with E-state index in [0.29, 0.717) is 5.92 Å². The molecule has 0 bridgehead atoms. The summed E-state index contributed by atoms with van der Waals surface area (Å²) in [4.78, 5) is 0. The first-order valence-electron chi connectivity index (χ1n) is 6.29. The first-order valence-corrected chi connectivity index (χ1v) is 6.29. The van der Waals surface area contributed by atoms with E-state index >= 15 is 0 Å². The molecular weight excluding hydrogens is 194 g/mol. The van der Waals surface area contributed by atoms with Crippen molar-refractivity contribution in [3.8, 4) is 0 Å². The molecule has 0 spiro atoms. The Hall–Kier alpha value is -0.820. The second-order valence-electron chi connectivity index (χ2n) is 6.21. The summed E-state index contributed by atoms with van der Waals surface area (Å²) in [6, 6.07) is 7.13. The summed E-state index contributed by atoms with van der Waals surface area (Å²) in [6.45, 7) is 9.11. The lowest BCUT2D eigenvalue weighted by Gasteiger charge is -2.19. The summed E-state index contributed by atoms with van der Waals surface area (Å²) >= 11 is 0. The van der Waals surface area contributed by atoms with Crippen molar-refractivity contribution in [3.05, 3.63) is 34.9 Å². The van der Waals surface area contributed by atoms with E-state index in [1.807, 2.05) is 0 Å². The van der Waals surface area contributed by atoms with E-state index in [0.717, 1.165) is 12.8 Å². The van der Waals surface area contributed by atoms with Gasteiger partial charge >= 0.3 is 0 Å². The molecule has 1 aliphatic carbocycles.